The van der Waals surface area contributed by atoms with Crippen molar-refractivity contribution in [2.45, 2.75) is 45.7 Å². The number of carbonyl (C=O) groups excluding carboxylic acids is 2. The number of rotatable bonds is 8. The minimum absolute atomic E-state index is 0.0342. The first kappa shape index (κ1) is 29.2. The van der Waals surface area contributed by atoms with E-state index in [1.807, 2.05) is 36.9 Å². The average molecular weight is 614 g/mol. The van der Waals surface area contributed by atoms with Gasteiger partial charge < -0.3 is 19.1 Å². The van der Waals surface area contributed by atoms with Gasteiger partial charge >= 0.3 is 5.97 Å². The number of halogens is 2. The standard InChI is InChI=1S/C31H30Cl2N2O5S/c1-5-39-31(37)28-22(15-32)34-29-27(26(28)19-8-11-23(40-17(2)3)24(14-19)38-4)21-12-13-35(16-25(21)41-29)30(36)18-6-9-20(33)10-7-18/h6-11,14,17H,5,12-13,15-16H2,1-4H3. The Morgan fingerprint density at radius 1 is 1.12 bits per heavy atom. The maximum absolute atomic E-state index is 13.4. The maximum Gasteiger partial charge on any atom is 0.340 e. The minimum Gasteiger partial charge on any atom is -0.493 e. The number of esters is 1. The fourth-order valence-electron chi connectivity index (χ4n) is 5.10. The molecule has 0 fully saturated rings. The normalized spacial score (nSPS) is 12.9. The molecule has 0 aliphatic carbocycles. The van der Waals surface area contributed by atoms with Crippen LogP contribution in [0.15, 0.2) is 42.5 Å². The van der Waals surface area contributed by atoms with E-state index in [4.69, 9.17) is 42.4 Å². The van der Waals surface area contributed by atoms with Gasteiger partial charge in [0, 0.05) is 33.0 Å². The highest BCUT2D eigenvalue weighted by Crippen LogP contribution is 2.45. The van der Waals surface area contributed by atoms with E-state index >= 15 is 0 Å². The van der Waals surface area contributed by atoms with Crippen molar-refractivity contribution in [2.24, 2.45) is 0 Å². The molecule has 0 spiro atoms. The average Bonchev–Trinajstić information content (AvgIpc) is 3.33. The zero-order valence-corrected chi connectivity index (χ0v) is 25.6. The molecule has 0 N–H and O–H groups in total. The number of alkyl halides is 1. The lowest BCUT2D eigenvalue weighted by Gasteiger charge is -2.27. The van der Waals surface area contributed by atoms with Gasteiger partial charge in [-0.3, -0.25) is 4.79 Å². The largest absolute Gasteiger partial charge is 0.493 e. The van der Waals surface area contributed by atoms with Crippen LogP contribution in [0.1, 0.15) is 57.6 Å². The van der Waals surface area contributed by atoms with E-state index in [1.54, 1.807) is 38.3 Å². The molecule has 2 aromatic heterocycles. The van der Waals surface area contributed by atoms with Crippen LogP contribution in [0.5, 0.6) is 11.5 Å². The second-order valence-electron chi connectivity index (χ2n) is 9.86. The summed E-state index contributed by atoms with van der Waals surface area (Å²) in [5, 5.41) is 1.46. The topological polar surface area (TPSA) is 78.0 Å². The maximum atomic E-state index is 13.4. The molecule has 2 aromatic carbocycles. The van der Waals surface area contributed by atoms with Crippen LogP contribution in [0.25, 0.3) is 21.3 Å². The minimum atomic E-state index is -0.482. The Morgan fingerprint density at radius 2 is 1.88 bits per heavy atom. The Bertz CT molecular complexity index is 1620. The third-order valence-electron chi connectivity index (χ3n) is 6.86. The number of methoxy groups -OCH3 is 1. The lowest BCUT2D eigenvalue weighted by molar-refractivity contribution is 0.0525. The van der Waals surface area contributed by atoms with E-state index in [0.29, 0.717) is 58.4 Å². The molecule has 4 aromatic rings. The van der Waals surface area contributed by atoms with Gasteiger partial charge in [0.2, 0.25) is 0 Å². The number of nitrogens with zero attached hydrogens (tertiary/aromatic N) is 2. The first-order valence-corrected chi connectivity index (χ1v) is 15.1. The van der Waals surface area contributed by atoms with Gasteiger partial charge in [-0.25, -0.2) is 9.78 Å². The molecule has 41 heavy (non-hydrogen) atoms. The number of benzene rings is 2. The Hall–Kier alpha value is -3.33. The van der Waals surface area contributed by atoms with Gasteiger partial charge in [0.1, 0.15) is 4.83 Å². The van der Waals surface area contributed by atoms with Crippen LogP contribution in [-0.2, 0) is 23.6 Å². The molecular weight excluding hydrogens is 583 g/mol. The van der Waals surface area contributed by atoms with Gasteiger partial charge in [0.15, 0.2) is 11.5 Å². The van der Waals surface area contributed by atoms with E-state index in [0.717, 1.165) is 26.2 Å². The van der Waals surface area contributed by atoms with Gasteiger partial charge in [0.05, 0.1) is 43.5 Å². The van der Waals surface area contributed by atoms with Crippen LogP contribution in [0.2, 0.25) is 5.02 Å². The molecule has 1 aliphatic rings. The summed E-state index contributed by atoms with van der Waals surface area (Å²) < 4.78 is 17.1. The van der Waals surface area contributed by atoms with E-state index in [9.17, 15) is 9.59 Å². The highest BCUT2D eigenvalue weighted by Gasteiger charge is 2.31. The number of carbonyl (C=O) groups is 2. The van der Waals surface area contributed by atoms with Gasteiger partial charge in [0.25, 0.3) is 5.91 Å². The SMILES string of the molecule is CCOC(=O)c1c(CCl)nc2sc3c(c2c1-c1ccc(OC(C)C)c(OC)c1)CCN(C(=O)c1ccc(Cl)cc1)C3. The molecule has 0 unspecified atom stereocenters. The summed E-state index contributed by atoms with van der Waals surface area (Å²) >= 11 is 13.9. The van der Waals surface area contributed by atoms with Crippen LogP contribution in [-0.4, -0.2) is 48.1 Å². The van der Waals surface area contributed by atoms with E-state index in [-0.39, 0.29) is 24.5 Å². The third-order valence-corrected chi connectivity index (χ3v) is 8.48. The van der Waals surface area contributed by atoms with Crippen LogP contribution < -0.4 is 9.47 Å². The molecule has 7 nitrogen and oxygen atoms in total. The summed E-state index contributed by atoms with van der Waals surface area (Å²) in [6, 6.07) is 12.6. The summed E-state index contributed by atoms with van der Waals surface area (Å²) in [5.74, 6) is 0.649. The van der Waals surface area contributed by atoms with Gasteiger partial charge in [-0.2, -0.15) is 0 Å². The fourth-order valence-corrected chi connectivity index (χ4v) is 6.69. The van der Waals surface area contributed by atoms with Crippen LogP contribution in [0.4, 0.5) is 0 Å². The predicted molar refractivity (Wildman–Crippen MR) is 163 cm³/mol. The number of hydrogen-bond acceptors (Lipinski definition) is 7. The Labute approximate surface area is 252 Å². The van der Waals surface area contributed by atoms with Crippen molar-refractivity contribution in [3.63, 3.8) is 0 Å². The number of fused-ring (bicyclic) bond motifs is 3. The van der Waals surface area contributed by atoms with Crippen molar-refractivity contribution in [2.75, 3.05) is 20.3 Å². The molecule has 5 rings (SSSR count). The molecule has 0 saturated carbocycles. The molecular formula is C31H30Cl2N2O5S. The van der Waals surface area contributed by atoms with Crippen molar-refractivity contribution in [3.8, 4) is 22.6 Å². The van der Waals surface area contributed by atoms with Gasteiger partial charge in [-0.1, -0.05) is 17.7 Å². The van der Waals surface area contributed by atoms with E-state index in [2.05, 4.69) is 0 Å². The molecule has 214 valence electrons. The molecule has 0 atom stereocenters. The van der Waals surface area contributed by atoms with E-state index in [1.165, 1.54) is 11.3 Å². The number of hydrogen-bond donors (Lipinski definition) is 0. The second kappa shape index (κ2) is 12.3. The summed E-state index contributed by atoms with van der Waals surface area (Å²) in [4.78, 5) is 35.1. The molecule has 0 saturated heterocycles. The van der Waals surface area contributed by atoms with Crippen molar-refractivity contribution in [1.82, 2.24) is 9.88 Å². The first-order chi connectivity index (χ1) is 19.7. The molecule has 3 heterocycles. The van der Waals surface area contributed by atoms with Gasteiger partial charge in [-0.15, -0.1) is 22.9 Å². The number of thiophene rings is 1. The van der Waals surface area contributed by atoms with Gasteiger partial charge in [-0.05, 0) is 74.7 Å². The number of pyridine rings is 1. The molecule has 0 radical (unpaired) electrons. The Morgan fingerprint density at radius 3 is 2.54 bits per heavy atom. The zero-order chi connectivity index (χ0) is 29.3. The lowest BCUT2D eigenvalue weighted by Crippen LogP contribution is -2.35. The predicted octanol–water partition coefficient (Wildman–Crippen LogP) is 7.53. The summed E-state index contributed by atoms with van der Waals surface area (Å²) in [6.07, 6.45) is 0.570. The molecule has 10 heteroatoms. The number of ether oxygens (including phenoxy) is 3. The van der Waals surface area contributed by atoms with Crippen LogP contribution >= 0.6 is 34.5 Å². The summed E-state index contributed by atoms with van der Waals surface area (Å²) in [5.41, 5.74) is 3.91. The smallest absolute Gasteiger partial charge is 0.340 e. The number of aromatic nitrogens is 1. The summed E-state index contributed by atoms with van der Waals surface area (Å²) in [6.45, 7) is 6.84. The summed E-state index contributed by atoms with van der Waals surface area (Å²) in [7, 11) is 1.59. The van der Waals surface area contributed by atoms with Crippen LogP contribution in [0, 0.1) is 0 Å². The zero-order valence-electron chi connectivity index (χ0n) is 23.3. The quantitative estimate of drug-likeness (QED) is 0.151. The highest BCUT2D eigenvalue weighted by molar-refractivity contribution is 7.19. The fraction of sp³-hybridized carbons (Fsp3) is 0.323. The van der Waals surface area contributed by atoms with Crippen molar-refractivity contribution in [3.05, 3.63) is 74.7 Å². The molecule has 1 aliphatic heterocycles. The Kier molecular flexibility index (Phi) is 8.73. The van der Waals surface area contributed by atoms with Crippen molar-refractivity contribution in [1.29, 1.82) is 0 Å². The van der Waals surface area contributed by atoms with Crippen LogP contribution in [0.3, 0.4) is 0 Å². The first-order valence-electron chi connectivity index (χ1n) is 13.4. The third kappa shape index (κ3) is 5.73. The molecule has 1 amide bonds. The Balaban J connectivity index is 1.68. The monoisotopic (exact) mass is 612 g/mol. The molecule has 0 bridgehead atoms. The lowest BCUT2D eigenvalue weighted by atomic mass is 9.91. The highest BCUT2D eigenvalue weighted by atomic mass is 35.5. The van der Waals surface area contributed by atoms with Crippen molar-refractivity contribution < 1.29 is 23.8 Å². The van der Waals surface area contributed by atoms with E-state index < -0.39 is 5.97 Å². The second-order valence-corrected chi connectivity index (χ2v) is 11.6. The number of amides is 1. The van der Waals surface area contributed by atoms with Crippen molar-refractivity contribution >= 4 is 56.6 Å².